The highest BCUT2D eigenvalue weighted by atomic mass is 32.2. The van der Waals surface area contributed by atoms with Crippen molar-refractivity contribution >= 4 is 41.4 Å². The summed E-state index contributed by atoms with van der Waals surface area (Å²) in [5.41, 5.74) is 16.3. The number of thioether (sulfide) groups is 1. The van der Waals surface area contributed by atoms with Gasteiger partial charge in [0, 0.05) is 6.54 Å². The summed E-state index contributed by atoms with van der Waals surface area (Å²) in [7, 11) is 0. The van der Waals surface area contributed by atoms with Crippen LogP contribution in [0.1, 0.15) is 26.2 Å². The number of carboxylic acids is 1. The third kappa shape index (κ3) is 12.0. The van der Waals surface area contributed by atoms with Gasteiger partial charge in [-0.25, -0.2) is 4.79 Å². The number of amides is 3. The smallest absolute Gasteiger partial charge is 0.328 e. The molecule has 0 bridgehead atoms. The predicted octanol–water partition coefficient (Wildman–Crippen LogP) is -3.33. The summed E-state index contributed by atoms with van der Waals surface area (Å²) >= 11 is 1.54. The van der Waals surface area contributed by atoms with Crippen LogP contribution in [-0.2, 0) is 19.2 Å². The third-order valence-electron chi connectivity index (χ3n) is 4.10. The molecule has 0 aromatic carbocycles. The van der Waals surface area contributed by atoms with Crippen LogP contribution in [0.3, 0.4) is 0 Å². The maximum Gasteiger partial charge on any atom is 0.328 e. The van der Waals surface area contributed by atoms with Gasteiger partial charge < -0.3 is 43.4 Å². The molecule has 11 N–H and O–H groups in total. The van der Waals surface area contributed by atoms with E-state index < -0.39 is 54.5 Å². The molecule has 0 saturated heterocycles. The van der Waals surface area contributed by atoms with Crippen LogP contribution in [0.5, 0.6) is 0 Å². The Morgan fingerprint density at radius 3 is 2.13 bits per heavy atom. The fourth-order valence-electron chi connectivity index (χ4n) is 2.29. The molecule has 4 atom stereocenters. The lowest BCUT2D eigenvalue weighted by Crippen LogP contribution is -2.56. The van der Waals surface area contributed by atoms with Gasteiger partial charge in [0.05, 0.1) is 12.6 Å². The largest absolute Gasteiger partial charge is 0.480 e. The van der Waals surface area contributed by atoms with E-state index in [2.05, 4.69) is 20.9 Å². The molecule has 13 nitrogen and oxygen atoms in total. The first-order valence-electron chi connectivity index (χ1n) is 9.58. The van der Waals surface area contributed by atoms with E-state index in [0.29, 0.717) is 18.6 Å². The van der Waals surface area contributed by atoms with Gasteiger partial charge in [0.25, 0.3) is 0 Å². The van der Waals surface area contributed by atoms with Crippen LogP contribution in [0.15, 0.2) is 4.99 Å². The number of aliphatic carboxylic acids is 1. The second kappa shape index (κ2) is 15.3. The van der Waals surface area contributed by atoms with Gasteiger partial charge in [-0.05, 0) is 38.2 Å². The topological polar surface area (TPSA) is 235 Å². The van der Waals surface area contributed by atoms with Crippen LogP contribution < -0.4 is 33.2 Å². The van der Waals surface area contributed by atoms with Gasteiger partial charge in [-0.15, -0.1) is 0 Å². The molecule has 31 heavy (non-hydrogen) atoms. The highest BCUT2D eigenvalue weighted by molar-refractivity contribution is 7.98. The normalized spacial score (nSPS) is 14.5. The minimum absolute atomic E-state index is 0.0834. The number of carboxylic acid groups (broad SMARTS) is 1. The molecule has 0 spiro atoms. The molecule has 3 amide bonds. The molecule has 14 heteroatoms. The third-order valence-corrected chi connectivity index (χ3v) is 4.74. The van der Waals surface area contributed by atoms with Crippen LogP contribution in [0.4, 0.5) is 0 Å². The average Bonchev–Trinajstić information content (AvgIpc) is 2.71. The highest BCUT2D eigenvalue weighted by Gasteiger charge is 2.28. The number of aliphatic hydroxyl groups is 1. The van der Waals surface area contributed by atoms with Crippen molar-refractivity contribution in [1.82, 2.24) is 16.0 Å². The lowest BCUT2D eigenvalue weighted by molar-refractivity contribution is -0.143. The van der Waals surface area contributed by atoms with Crippen LogP contribution in [0.2, 0.25) is 0 Å². The molecule has 178 valence electrons. The summed E-state index contributed by atoms with van der Waals surface area (Å²) in [6.45, 7) is 0.785. The molecule has 0 heterocycles. The van der Waals surface area contributed by atoms with Crippen LogP contribution in [-0.4, -0.2) is 89.2 Å². The number of aliphatic imine (C=N–C) groups is 1. The number of hydrogen-bond donors (Lipinski definition) is 8. The Kier molecular flexibility index (Phi) is 14.0. The van der Waals surface area contributed by atoms with Crippen LogP contribution >= 0.6 is 11.8 Å². The van der Waals surface area contributed by atoms with E-state index in [1.54, 1.807) is 0 Å². The van der Waals surface area contributed by atoms with Crippen molar-refractivity contribution in [1.29, 1.82) is 0 Å². The first kappa shape index (κ1) is 28.4. The molecular formula is C17H33N7O6S. The number of nitrogens with two attached hydrogens (primary N) is 3. The van der Waals surface area contributed by atoms with Crippen LogP contribution in [0.25, 0.3) is 0 Å². The predicted molar refractivity (Wildman–Crippen MR) is 117 cm³/mol. The van der Waals surface area contributed by atoms with Gasteiger partial charge in [0.2, 0.25) is 17.7 Å². The van der Waals surface area contributed by atoms with Crippen molar-refractivity contribution in [2.24, 2.45) is 22.2 Å². The molecule has 4 unspecified atom stereocenters. The van der Waals surface area contributed by atoms with Gasteiger partial charge in [-0.1, -0.05) is 0 Å². The number of hydrogen-bond acceptors (Lipinski definition) is 8. The van der Waals surface area contributed by atoms with E-state index in [1.807, 2.05) is 6.26 Å². The van der Waals surface area contributed by atoms with Gasteiger partial charge >= 0.3 is 5.97 Å². The monoisotopic (exact) mass is 463 g/mol. The molecule has 0 aliphatic carbocycles. The first-order chi connectivity index (χ1) is 14.5. The second-order valence-electron chi connectivity index (χ2n) is 6.71. The van der Waals surface area contributed by atoms with Crippen molar-refractivity contribution < 1.29 is 29.4 Å². The number of aliphatic hydroxyl groups excluding tert-OH is 1. The molecule has 0 fully saturated rings. The van der Waals surface area contributed by atoms with E-state index in [9.17, 15) is 19.2 Å². The zero-order valence-electron chi connectivity index (χ0n) is 17.7. The number of nitrogens with zero attached hydrogens (tertiary/aromatic N) is 1. The van der Waals surface area contributed by atoms with E-state index in [0.717, 1.165) is 0 Å². The number of rotatable bonds is 15. The van der Waals surface area contributed by atoms with E-state index >= 15 is 0 Å². The zero-order valence-corrected chi connectivity index (χ0v) is 18.5. The number of guanidine groups is 1. The Balaban J connectivity index is 5.06. The Labute approximate surface area is 185 Å². The lowest BCUT2D eigenvalue weighted by Gasteiger charge is -2.23. The Hall–Kier alpha value is -2.58. The second-order valence-corrected chi connectivity index (χ2v) is 7.70. The van der Waals surface area contributed by atoms with E-state index in [4.69, 9.17) is 27.4 Å². The van der Waals surface area contributed by atoms with Crippen molar-refractivity contribution in [2.75, 3.05) is 25.2 Å². The Morgan fingerprint density at radius 2 is 1.61 bits per heavy atom. The minimum Gasteiger partial charge on any atom is -0.480 e. The van der Waals surface area contributed by atoms with Crippen molar-refractivity contribution in [3.63, 3.8) is 0 Å². The van der Waals surface area contributed by atoms with Gasteiger partial charge in [-0.2, -0.15) is 11.8 Å². The molecule has 0 aromatic heterocycles. The SMILES string of the molecule is CSCCC(N)C(=O)NC(C)C(=O)NC(CCCN=C(N)N)C(=O)NC(CO)C(=O)O. The summed E-state index contributed by atoms with van der Waals surface area (Å²) in [5.74, 6) is -2.86. The van der Waals surface area contributed by atoms with Crippen molar-refractivity contribution in [3.05, 3.63) is 0 Å². The molecule has 0 radical (unpaired) electrons. The molecule has 0 aliphatic rings. The zero-order chi connectivity index (χ0) is 24.0. The standard InChI is InChI=1S/C17H33N7O6S/c1-9(22-14(27)10(18)5-7-31-2)13(26)23-11(4-3-6-21-17(19)20)15(28)24-12(8-25)16(29)30/h9-12,25H,3-8,18H2,1-2H3,(H,22,27)(H,23,26)(H,24,28)(H,29,30)(H4,19,20,21). The fourth-order valence-corrected chi connectivity index (χ4v) is 2.78. The summed E-state index contributed by atoms with van der Waals surface area (Å²) in [4.78, 5) is 51.8. The first-order valence-corrected chi connectivity index (χ1v) is 11.0. The minimum atomic E-state index is -1.53. The van der Waals surface area contributed by atoms with Gasteiger partial charge in [0.1, 0.15) is 18.1 Å². The Bertz CT molecular complexity index is 644. The van der Waals surface area contributed by atoms with Crippen molar-refractivity contribution in [2.45, 2.75) is 50.4 Å². The number of carbonyl (C=O) groups excluding carboxylic acids is 3. The Morgan fingerprint density at radius 1 is 1.00 bits per heavy atom. The number of carbonyl (C=O) groups is 4. The summed E-state index contributed by atoms with van der Waals surface area (Å²) < 4.78 is 0. The molecule has 0 aromatic rings. The van der Waals surface area contributed by atoms with E-state index in [1.165, 1.54) is 18.7 Å². The quantitative estimate of drug-likeness (QED) is 0.0683. The maximum absolute atomic E-state index is 12.5. The molecule has 0 aliphatic heterocycles. The highest BCUT2D eigenvalue weighted by Crippen LogP contribution is 2.02. The van der Waals surface area contributed by atoms with E-state index in [-0.39, 0.29) is 18.9 Å². The summed E-state index contributed by atoms with van der Waals surface area (Å²) in [6, 6.07) is -4.44. The van der Waals surface area contributed by atoms with Crippen molar-refractivity contribution in [3.8, 4) is 0 Å². The molecule has 0 saturated carbocycles. The summed E-state index contributed by atoms with van der Waals surface area (Å²) in [5, 5.41) is 25.2. The maximum atomic E-state index is 12.5. The fraction of sp³-hybridized carbons (Fsp3) is 0.706. The van der Waals surface area contributed by atoms with Crippen LogP contribution in [0, 0.1) is 0 Å². The van der Waals surface area contributed by atoms with Gasteiger partial charge in [0.15, 0.2) is 5.96 Å². The number of nitrogens with one attached hydrogen (secondary N) is 3. The molecule has 0 rings (SSSR count). The van der Waals surface area contributed by atoms with Gasteiger partial charge in [-0.3, -0.25) is 19.4 Å². The summed E-state index contributed by atoms with van der Waals surface area (Å²) in [6.07, 6.45) is 2.70. The average molecular weight is 464 g/mol. The molecular weight excluding hydrogens is 430 g/mol. The lowest BCUT2D eigenvalue weighted by atomic mass is 10.1.